The van der Waals surface area contributed by atoms with Gasteiger partial charge in [-0.1, -0.05) is 49.0 Å². The summed E-state index contributed by atoms with van der Waals surface area (Å²) < 4.78 is 0. The van der Waals surface area contributed by atoms with Gasteiger partial charge in [-0.3, -0.25) is 9.89 Å². The highest BCUT2D eigenvalue weighted by Gasteiger charge is 2.25. The van der Waals surface area contributed by atoms with Gasteiger partial charge in [0, 0.05) is 33.8 Å². The summed E-state index contributed by atoms with van der Waals surface area (Å²) in [4.78, 5) is 18.2. The third-order valence-corrected chi connectivity index (χ3v) is 5.35. The molecule has 0 unspecified atom stereocenters. The third-order valence-electron chi connectivity index (χ3n) is 5.35. The number of benzene rings is 2. The maximum Gasteiger partial charge on any atom is 0.223 e. The van der Waals surface area contributed by atoms with Crippen molar-refractivity contribution in [3.8, 4) is 0 Å². The van der Waals surface area contributed by atoms with E-state index in [1.165, 1.54) is 5.56 Å². The second kappa shape index (κ2) is 6.13. The Kier molecular flexibility index (Phi) is 3.60. The predicted molar refractivity (Wildman–Crippen MR) is 107 cm³/mol. The fourth-order valence-electron chi connectivity index (χ4n) is 4.01. The van der Waals surface area contributed by atoms with Crippen LogP contribution < -0.4 is 5.35 Å². The van der Waals surface area contributed by atoms with Crippen LogP contribution in [0.3, 0.4) is 0 Å². The van der Waals surface area contributed by atoms with Gasteiger partial charge >= 0.3 is 0 Å². The van der Waals surface area contributed by atoms with Crippen LogP contribution in [-0.4, -0.2) is 26.0 Å². The van der Waals surface area contributed by atoms with Crippen LogP contribution in [0.5, 0.6) is 0 Å². The number of carbonyl (C=O) groups excluding carboxylic acids is 1. The molecule has 5 heteroatoms. The van der Waals surface area contributed by atoms with Crippen molar-refractivity contribution in [2.45, 2.75) is 25.9 Å². The number of aromatic nitrogens is 3. The average molecular weight is 356 g/mol. The van der Waals surface area contributed by atoms with Gasteiger partial charge in [0.2, 0.25) is 5.91 Å². The van der Waals surface area contributed by atoms with Gasteiger partial charge in [0.05, 0.1) is 24.1 Å². The number of rotatable bonds is 3. The summed E-state index contributed by atoms with van der Waals surface area (Å²) in [6.07, 6.45) is 1.25. The summed E-state index contributed by atoms with van der Waals surface area (Å²) in [6, 6.07) is 16.3. The molecule has 2 aromatic carbocycles. The van der Waals surface area contributed by atoms with Gasteiger partial charge < -0.3 is 9.88 Å². The van der Waals surface area contributed by atoms with Crippen molar-refractivity contribution in [3.05, 3.63) is 70.8 Å². The number of carbonyl (C=O) groups is 1. The normalized spacial score (nSPS) is 13.4. The Balaban J connectivity index is 1.49. The smallest absolute Gasteiger partial charge is 0.223 e. The van der Waals surface area contributed by atoms with E-state index in [-0.39, 0.29) is 5.91 Å². The number of H-pyrrole nitrogens is 2. The standard InChI is InChI=1S/C22H20N4O/c1-14-16-8-5-9-17-21(16)22-18(23-17)12-26(13-19(22)25-24-14)20(27)11-10-15-6-3-2-4-7-15/h2-9,23-24H,1,10-13H2. The van der Waals surface area contributed by atoms with Crippen molar-refractivity contribution >= 4 is 34.2 Å². The molecule has 1 aliphatic rings. The zero-order valence-electron chi connectivity index (χ0n) is 15.0. The van der Waals surface area contributed by atoms with Crippen LogP contribution >= 0.6 is 0 Å². The molecule has 0 bridgehead atoms. The van der Waals surface area contributed by atoms with Crippen LogP contribution in [0.25, 0.3) is 28.3 Å². The van der Waals surface area contributed by atoms with Gasteiger partial charge in [-0.2, -0.15) is 5.10 Å². The van der Waals surface area contributed by atoms with Crippen molar-refractivity contribution in [3.63, 3.8) is 0 Å². The number of hydrogen-bond donors (Lipinski definition) is 2. The van der Waals surface area contributed by atoms with Crippen LogP contribution in [0.2, 0.25) is 0 Å². The molecule has 0 aliphatic carbocycles. The molecular formula is C22H20N4O. The minimum atomic E-state index is 0.147. The monoisotopic (exact) mass is 356 g/mol. The first-order valence-corrected chi connectivity index (χ1v) is 9.18. The van der Waals surface area contributed by atoms with Crippen LogP contribution in [0, 0.1) is 0 Å². The largest absolute Gasteiger partial charge is 0.356 e. The number of amides is 1. The summed E-state index contributed by atoms with van der Waals surface area (Å²) in [5.74, 6) is 0.147. The molecule has 0 fully saturated rings. The van der Waals surface area contributed by atoms with E-state index in [0.717, 1.165) is 44.8 Å². The topological polar surface area (TPSA) is 64.8 Å². The first-order chi connectivity index (χ1) is 13.2. The lowest BCUT2D eigenvalue weighted by atomic mass is 10.0. The molecule has 134 valence electrons. The highest BCUT2D eigenvalue weighted by molar-refractivity contribution is 6.11. The fraction of sp³-hybridized carbons (Fsp3) is 0.182. The second-order valence-electron chi connectivity index (χ2n) is 7.09. The lowest BCUT2D eigenvalue weighted by Gasteiger charge is -2.25. The zero-order chi connectivity index (χ0) is 18.4. The number of aryl methyl sites for hydroxylation is 1. The van der Waals surface area contributed by atoms with Gasteiger partial charge in [-0.25, -0.2) is 0 Å². The summed E-state index contributed by atoms with van der Waals surface area (Å²) >= 11 is 0. The molecule has 0 atom stereocenters. The molecule has 0 spiro atoms. The highest BCUT2D eigenvalue weighted by atomic mass is 16.2. The third kappa shape index (κ3) is 2.63. The van der Waals surface area contributed by atoms with Gasteiger partial charge in [0.15, 0.2) is 0 Å². The Morgan fingerprint density at radius 1 is 1.07 bits per heavy atom. The van der Waals surface area contributed by atoms with E-state index in [0.29, 0.717) is 19.5 Å². The van der Waals surface area contributed by atoms with E-state index in [9.17, 15) is 4.79 Å². The van der Waals surface area contributed by atoms with Crippen molar-refractivity contribution in [1.82, 2.24) is 20.1 Å². The number of nitrogens with one attached hydrogen (secondary N) is 2. The molecule has 3 heterocycles. The molecule has 4 aromatic rings. The van der Waals surface area contributed by atoms with E-state index in [4.69, 9.17) is 0 Å². The first-order valence-electron chi connectivity index (χ1n) is 9.18. The van der Waals surface area contributed by atoms with Crippen molar-refractivity contribution < 1.29 is 4.79 Å². The Morgan fingerprint density at radius 2 is 1.93 bits per heavy atom. The molecule has 2 aromatic heterocycles. The first kappa shape index (κ1) is 15.9. The Labute approximate surface area is 156 Å². The molecule has 2 N–H and O–H groups in total. The minimum absolute atomic E-state index is 0.147. The average Bonchev–Trinajstić information content (AvgIpc) is 3.02. The molecule has 1 amide bonds. The van der Waals surface area contributed by atoms with E-state index < -0.39 is 0 Å². The van der Waals surface area contributed by atoms with Crippen LogP contribution in [0.4, 0.5) is 0 Å². The van der Waals surface area contributed by atoms with Crippen molar-refractivity contribution in [2.75, 3.05) is 0 Å². The quantitative estimate of drug-likeness (QED) is 0.592. The molecule has 27 heavy (non-hydrogen) atoms. The maximum atomic E-state index is 12.8. The maximum absolute atomic E-state index is 12.8. The van der Waals surface area contributed by atoms with Crippen LogP contribution in [0.15, 0.2) is 48.5 Å². The van der Waals surface area contributed by atoms with Gasteiger partial charge in [-0.05, 0) is 18.1 Å². The Morgan fingerprint density at radius 3 is 2.78 bits per heavy atom. The lowest BCUT2D eigenvalue weighted by molar-refractivity contribution is -0.132. The van der Waals surface area contributed by atoms with Crippen molar-refractivity contribution in [1.29, 1.82) is 0 Å². The van der Waals surface area contributed by atoms with Crippen molar-refractivity contribution in [2.24, 2.45) is 0 Å². The van der Waals surface area contributed by atoms with Gasteiger partial charge in [0.1, 0.15) is 0 Å². The molecule has 5 nitrogen and oxygen atoms in total. The zero-order valence-corrected chi connectivity index (χ0v) is 15.0. The second-order valence-corrected chi connectivity index (χ2v) is 7.09. The summed E-state index contributed by atoms with van der Waals surface area (Å²) in [7, 11) is 0. The highest BCUT2D eigenvalue weighted by Crippen LogP contribution is 2.33. The number of aromatic amines is 2. The summed E-state index contributed by atoms with van der Waals surface area (Å²) in [6.45, 7) is 5.20. The molecule has 1 aliphatic heterocycles. The van der Waals surface area contributed by atoms with E-state index >= 15 is 0 Å². The van der Waals surface area contributed by atoms with Crippen LogP contribution in [-0.2, 0) is 24.3 Å². The molecular weight excluding hydrogens is 336 g/mol. The van der Waals surface area contributed by atoms with Gasteiger partial charge in [-0.15, -0.1) is 0 Å². The minimum Gasteiger partial charge on any atom is -0.356 e. The predicted octanol–water partition coefficient (Wildman–Crippen LogP) is 3.21. The summed E-state index contributed by atoms with van der Waals surface area (Å²) in [5.41, 5.74) is 4.19. The molecule has 0 saturated heterocycles. The lowest BCUT2D eigenvalue weighted by Crippen LogP contribution is -2.33. The number of nitrogens with zero attached hydrogens (tertiary/aromatic N) is 2. The van der Waals surface area contributed by atoms with E-state index in [1.54, 1.807) is 0 Å². The molecule has 5 rings (SSSR count). The fourth-order valence-corrected chi connectivity index (χ4v) is 4.01. The molecule has 0 saturated carbocycles. The van der Waals surface area contributed by atoms with Crippen LogP contribution in [0.1, 0.15) is 23.4 Å². The van der Waals surface area contributed by atoms with E-state index in [1.807, 2.05) is 29.2 Å². The number of hydrogen-bond acceptors (Lipinski definition) is 2. The summed E-state index contributed by atoms with van der Waals surface area (Å²) in [5, 5.41) is 11.7. The molecule has 0 radical (unpaired) electrons. The van der Waals surface area contributed by atoms with E-state index in [2.05, 4.69) is 46.0 Å². The van der Waals surface area contributed by atoms with Gasteiger partial charge in [0.25, 0.3) is 0 Å². The Hall–Kier alpha value is -3.34. The SMILES string of the molecule is C=c1[nH]nc2c3c([nH]c4cccc1c43)CN(C(=O)CCc1ccccc1)C2. The Bertz CT molecular complexity index is 1220.